The van der Waals surface area contributed by atoms with Gasteiger partial charge in [0.25, 0.3) is 0 Å². The molecular weight excluding hydrogens is 245 g/mol. The Bertz CT molecular complexity index is 459. The van der Waals surface area contributed by atoms with Crippen molar-refractivity contribution in [3.8, 4) is 0 Å². The van der Waals surface area contributed by atoms with Crippen LogP contribution in [-0.2, 0) is 11.0 Å². The Labute approximate surface area is 103 Å². The molecule has 1 saturated heterocycles. The first kappa shape index (κ1) is 12.9. The fraction of sp³-hybridized carbons (Fsp3) is 0.417. The second-order valence-electron chi connectivity index (χ2n) is 4.30. The maximum atomic E-state index is 12.9. The molecular formula is C12H13F3N2O. The molecule has 0 saturated carbocycles. The van der Waals surface area contributed by atoms with Crippen LogP contribution in [0.3, 0.4) is 0 Å². The summed E-state index contributed by atoms with van der Waals surface area (Å²) < 4.78 is 38.6. The van der Waals surface area contributed by atoms with Gasteiger partial charge in [0.05, 0.1) is 17.8 Å². The van der Waals surface area contributed by atoms with Gasteiger partial charge in [-0.3, -0.25) is 9.69 Å². The van der Waals surface area contributed by atoms with Crippen molar-refractivity contribution in [2.75, 3.05) is 31.6 Å². The van der Waals surface area contributed by atoms with Gasteiger partial charge in [-0.1, -0.05) is 12.1 Å². The molecule has 0 unspecified atom stereocenters. The van der Waals surface area contributed by atoms with Crippen molar-refractivity contribution in [1.82, 2.24) is 4.90 Å². The summed E-state index contributed by atoms with van der Waals surface area (Å²) in [6.07, 6.45) is -4.44. The minimum atomic E-state index is -4.44. The smallest absolute Gasteiger partial charge is 0.309 e. The summed E-state index contributed by atoms with van der Waals surface area (Å²) in [4.78, 5) is 14.8. The Hall–Kier alpha value is -1.56. The van der Waals surface area contributed by atoms with Crippen LogP contribution in [0.25, 0.3) is 0 Å². The summed E-state index contributed by atoms with van der Waals surface area (Å²) in [5.74, 6) is -0.305. The minimum absolute atomic E-state index is 0.0527. The number of hydrogen-bond acceptors (Lipinski definition) is 2. The Morgan fingerprint density at radius 3 is 2.44 bits per heavy atom. The molecule has 0 atom stereocenters. The molecule has 18 heavy (non-hydrogen) atoms. The number of hydrogen-bond donors (Lipinski definition) is 0. The molecule has 2 rings (SSSR count). The topological polar surface area (TPSA) is 23.6 Å². The van der Waals surface area contributed by atoms with Gasteiger partial charge in [-0.25, -0.2) is 0 Å². The van der Waals surface area contributed by atoms with Crippen molar-refractivity contribution in [3.63, 3.8) is 0 Å². The van der Waals surface area contributed by atoms with Gasteiger partial charge in [0.2, 0.25) is 5.91 Å². The number of anilines is 1. The SMILES string of the molecule is CN1CCN(c2ccccc2C(F)(F)F)C(=O)C1. The highest BCUT2D eigenvalue weighted by molar-refractivity contribution is 5.96. The van der Waals surface area contributed by atoms with Gasteiger partial charge in [-0.05, 0) is 19.2 Å². The number of likely N-dealkylation sites (N-methyl/N-ethyl adjacent to an activating group) is 1. The fourth-order valence-corrected chi connectivity index (χ4v) is 1.99. The summed E-state index contributed by atoms with van der Waals surface area (Å²) in [5.41, 5.74) is -0.814. The Kier molecular flexibility index (Phi) is 3.30. The molecule has 3 nitrogen and oxygen atoms in total. The van der Waals surface area contributed by atoms with Gasteiger partial charge >= 0.3 is 6.18 Å². The predicted molar refractivity (Wildman–Crippen MR) is 61.3 cm³/mol. The van der Waals surface area contributed by atoms with Crippen molar-refractivity contribution in [2.24, 2.45) is 0 Å². The van der Waals surface area contributed by atoms with Crippen LogP contribution in [0.4, 0.5) is 18.9 Å². The van der Waals surface area contributed by atoms with E-state index < -0.39 is 11.7 Å². The third kappa shape index (κ3) is 2.48. The highest BCUT2D eigenvalue weighted by Crippen LogP contribution is 2.36. The van der Waals surface area contributed by atoms with Crippen LogP contribution in [0.2, 0.25) is 0 Å². The number of halogens is 3. The van der Waals surface area contributed by atoms with Gasteiger partial charge < -0.3 is 4.90 Å². The number of piperazine rings is 1. The molecule has 0 N–H and O–H groups in total. The van der Waals surface area contributed by atoms with Crippen LogP contribution in [0, 0.1) is 0 Å². The number of amides is 1. The molecule has 0 aliphatic carbocycles. The van der Waals surface area contributed by atoms with Gasteiger partial charge in [-0.2, -0.15) is 13.2 Å². The molecule has 0 radical (unpaired) electrons. The second-order valence-corrected chi connectivity index (χ2v) is 4.30. The number of alkyl halides is 3. The van der Waals surface area contributed by atoms with Crippen LogP contribution < -0.4 is 4.90 Å². The molecule has 1 aliphatic rings. The quantitative estimate of drug-likeness (QED) is 0.769. The highest BCUT2D eigenvalue weighted by atomic mass is 19.4. The fourth-order valence-electron chi connectivity index (χ4n) is 1.99. The number of benzene rings is 1. The molecule has 0 aromatic heterocycles. The third-order valence-corrected chi connectivity index (χ3v) is 2.91. The predicted octanol–water partition coefficient (Wildman–Crippen LogP) is 1.98. The summed E-state index contributed by atoms with van der Waals surface area (Å²) in [6, 6.07) is 5.18. The van der Waals surface area contributed by atoms with E-state index in [9.17, 15) is 18.0 Å². The van der Waals surface area contributed by atoms with E-state index in [2.05, 4.69) is 0 Å². The van der Waals surface area contributed by atoms with Crippen molar-refractivity contribution in [1.29, 1.82) is 0 Å². The average Bonchev–Trinajstić information content (AvgIpc) is 2.28. The Morgan fingerprint density at radius 1 is 1.17 bits per heavy atom. The molecule has 1 heterocycles. The lowest BCUT2D eigenvalue weighted by atomic mass is 10.1. The Morgan fingerprint density at radius 2 is 1.83 bits per heavy atom. The summed E-state index contributed by atoms with van der Waals surface area (Å²) in [7, 11) is 1.77. The number of para-hydroxylation sites is 1. The van der Waals surface area contributed by atoms with E-state index in [0.717, 1.165) is 6.07 Å². The molecule has 98 valence electrons. The standard InChI is InChI=1S/C12H13F3N2O/c1-16-6-7-17(11(18)8-16)10-5-3-2-4-9(10)12(13,14)15/h2-5H,6-8H2,1H3. The normalized spacial score (nSPS) is 18.2. The maximum Gasteiger partial charge on any atom is 0.418 e. The third-order valence-electron chi connectivity index (χ3n) is 2.91. The molecule has 6 heteroatoms. The van der Waals surface area contributed by atoms with Crippen LogP contribution in [-0.4, -0.2) is 37.5 Å². The number of rotatable bonds is 1. The van der Waals surface area contributed by atoms with E-state index in [-0.39, 0.29) is 24.7 Å². The van der Waals surface area contributed by atoms with Crippen molar-refractivity contribution in [3.05, 3.63) is 29.8 Å². The number of nitrogens with zero attached hydrogens (tertiary/aromatic N) is 2. The van der Waals surface area contributed by atoms with E-state index in [0.29, 0.717) is 6.54 Å². The first-order valence-corrected chi connectivity index (χ1v) is 5.55. The van der Waals surface area contributed by atoms with E-state index in [1.54, 1.807) is 11.9 Å². The van der Waals surface area contributed by atoms with Gasteiger partial charge in [0.15, 0.2) is 0 Å². The summed E-state index contributed by atoms with van der Waals surface area (Å²) in [5, 5.41) is 0. The van der Waals surface area contributed by atoms with E-state index in [4.69, 9.17) is 0 Å². The van der Waals surface area contributed by atoms with Gasteiger partial charge in [-0.15, -0.1) is 0 Å². The Balaban J connectivity index is 2.37. The van der Waals surface area contributed by atoms with Crippen molar-refractivity contribution >= 4 is 11.6 Å². The molecule has 1 amide bonds. The van der Waals surface area contributed by atoms with Crippen LogP contribution >= 0.6 is 0 Å². The molecule has 1 aromatic carbocycles. The van der Waals surface area contributed by atoms with Crippen LogP contribution in [0.1, 0.15) is 5.56 Å². The lowest BCUT2D eigenvalue weighted by molar-refractivity contribution is -0.137. The summed E-state index contributed by atoms with van der Waals surface area (Å²) in [6.45, 7) is 0.993. The van der Waals surface area contributed by atoms with Gasteiger partial charge in [0, 0.05) is 13.1 Å². The van der Waals surface area contributed by atoms with Crippen molar-refractivity contribution < 1.29 is 18.0 Å². The number of carbonyl (C=O) groups is 1. The monoisotopic (exact) mass is 258 g/mol. The van der Waals surface area contributed by atoms with E-state index in [1.807, 2.05) is 0 Å². The van der Waals surface area contributed by atoms with Crippen LogP contribution in [0.15, 0.2) is 24.3 Å². The molecule has 0 spiro atoms. The van der Waals surface area contributed by atoms with Gasteiger partial charge in [0.1, 0.15) is 0 Å². The lowest BCUT2D eigenvalue weighted by Gasteiger charge is -2.33. The van der Waals surface area contributed by atoms with E-state index in [1.165, 1.54) is 23.1 Å². The van der Waals surface area contributed by atoms with E-state index >= 15 is 0 Å². The largest absolute Gasteiger partial charge is 0.418 e. The zero-order chi connectivity index (χ0) is 13.3. The van der Waals surface area contributed by atoms with Crippen molar-refractivity contribution in [2.45, 2.75) is 6.18 Å². The second kappa shape index (κ2) is 4.61. The lowest BCUT2D eigenvalue weighted by Crippen LogP contribution is -2.49. The highest BCUT2D eigenvalue weighted by Gasteiger charge is 2.36. The summed E-state index contributed by atoms with van der Waals surface area (Å²) >= 11 is 0. The zero-order valence-corrected chi connectivity index (χ0v) is 9.87. The molecule has 1 fully saturated rings. The first-order valence-electron chi connectivity index (χ1n) is 5.55. The maximum absolute atomic E-state index is 12.9. The average molecular weight is 258 g/mol. The minimum Gasteiger partial charge on any atom is -0.309 e. The zero-order valence-electron chi connectivity index (χ0n) is 9.87. The first-order chi connectivity index (χ1) is 8.39. The molecule has 0 bridgehead atoms. The van der Waals surface area contributed by atoms with Crippen LogP contribution in [0.5, 0.6) is 0 Å². The molecule has 1 aromatic rings. The number of carbonyl (C=O) groups excluding carboxylic acids is 1. The molecule has 1 aliphatic heterocycles.